The first-order valence-electron chi connectivity index (χ1n) is 15.6. The van der Waals surface area contributed by atoms with Crippen molar-refractivity contribution in [3.8, 4) is 28.6 Å². The number of nitriles is 1. The van der Waals surface area contributed by atoms with Crippen LogP contribution < -0.4 is 0 Å². The molecule has 0 aliphatic carbocycles. The standard InChI is InChI=1S/C42H24N4O/c43-25-26-21-28(24-30(22-26)45-36-15-4-1-11-31(36)32-12-2-5-16-37(32)45)27-9-7-10-29(23-27)46-41-33(34-14-8-20-44-42(34)46)18-19-39-40(41)35-13-3-6-17-38(35)47-39/h1-24H. The fourth-order valence-electron chi connectivity index (χ4n) is 7.39. The number of nitrogens with zero attached hydrogens (tertiary/aromatic N) is 4. The molecule has 0 aliphatic heterocycles. The smallest absolute Gasteiger partial charge is 0.145 e. The van der Waals surface area contributed by atoms with Crippen molar-refractivity contribution in [2.24, 2.45) is 0 Å². The molecule has 0 N–H and O–H groups in total. The zero-order chi connectivity index (χ0) is 31.1. The van der Waals surface area contributed by atoms with E-state index < -0.39 is 0 Å². The molecular weight excluding hydrogens is 576 g/mol. The Kier molecular flexibility index (Phi) is 5.28. The highest BCUT2D eigenvalue weighted by Gasteiger charge is 2.20. The fourth-order valence-corrected chi connectivity index (χ4v) is 7.39. The highest BCUT2D eigenvalue weighted by Crippen LogP contribution is 2.41. The van der Waals surface area contributed by atoms with Crippen LogP contribution in [0.2, 0.25) is 0 Å². The Morgan fingerprint density at radius 3 is 2.06 bits per heavy atom. The maximum absolute atomic E-state index is 10.2. The minimum Gasteiger partial charge on any atom is -0.456 e. The number of benzene rings is 6. The molecule has 0 spiro atoms. The minimum absolute atomic E-state index is 0.606. The van der Waals surface area contributed by atoms with Crippen LogP contribution in [0.1, 0.15) is 5.56 Å². The molecule has 0 saturated carbocycles. The zero-order valence-corrected chi connectivity index (χ0v) is 25.1. The Bertz CT molecular complexity index is 2880. The van der Waals surface area contributed by atoms with Gasteiger partial charge in [-0.2, -0.15) is 5.26 Å². The zero-order valence-electron chi connectivity index (χ0n) is 25.1. The van der Waals surface area contributed by atoms with Gasteiger partial charge >= 0.3 is 0 Å². The monoisotopic (exact) mass is 600 g/mol. The maximum atomic E-state index is 10.2. The average molecular weight is 601 g/mol. The predicted molar refractivity (Wildman–Crippen MR) is 190 cm³/mol. The molecule has 0 unspecified atom stereocenters. The first-order chi connectivity index (χ1) is 23.3. The van der Waals surface area contributed by atoms with E-state index in [1.165, 1.54) is 10.8 Å². The van der Waals surface area contributed by atoms with E-state index in [2.05, 4.69) is 124 Å². The first-order valence-corrected chi connectivity index (χ1v) is 15.6. The number of rotatable bonds is 3. The average Bonchev–Trinajstić information content (AvgIpc) is 3.79. The summed E-state index contributed by atoms with van der Waals surface area (Å²) < 4.78 is 10.8. The van der Waals surface area contributed by atoms with E-state index >= 15 is 0 Å². The lowest BCUT2D eigenvalue weighted by molar-refractivity contribution is 0.669. The first kappa shape index (κ1) is 25.7. The number of hydrogen-bond donors (Lipinski definition) is 0. The summed E-state index contributed by atoms with van der Waals surface area (Å²) in [7, 11) is 0. The van der Waals surface area contributed by atoms with Crippen molar-refractivity contribution in [3.05, 3.63) is 151 Å². The Morgan fingerprint density at radius 2 is 1.26 bits per heavy atom. The van der Waals surface area contributed by atoms with Gasteiger partial charge in [0, 0.05) is 44.5 Å². The number of fused-ring (bicyclic) bond motifs is 10. The second-order valence-electron chi connectivity index (χ2n) is 11.9. The lowest BCUT2D eigenvalue weighted by Crippen LogP contribution is -1.98. The molecule has 0 atom stereocenters. The van der Waals surface area contributed by atoms with E-state index in [0.29, 0.717) is 5.56 Å². The minimum atomic E-state index is 0.606. The summed E-state index contributed by atoms with van der Waals surface area (Å²) in [5.41, 5.74) is 10.4. The highest BCUT2D eigenvalue weighted by molar-refractivity contribution is 6.24. The Balaban J connectivity index is 1.23. The molecule has 5 heteroatoms. The summed E-state index contributed by atoms with van der Waals surface area (Å²) in [6.45, 7) is 0. The molecule has 4 heterocycles. The van der Waals surface area contributed by atoms with Crippen molar-refractivity contribution < 1.29 is 4.42 Å². The molecule has 6 aromatic carbocycles. The largest absolute Gasteiger partial charge is 0.456 e. The third-order valence-electron chi connectivity index (χ3n) is 9.35. The van der Waals surface area contributed by atoms with Crippen LogP contribution in [-0.4, -0.2) is 14.1 Å². The van der Waals surface area contributed by atoms with E-state index in [9.17, 15) is 5.26 Å². The van der Waals surface area contributed by atoms with Gasteiger partial charge < -0.3 is 8.98 Å². The van der Waals surface area contributed by atoms with Gasteiger partial charge in [0.1, 0.15) is 16.8 Å². The molecule has 0 amide bonds. The Labute approximate surface area is 268 Å². The van der Waals surface area contributed by atoms with Crippen molar-refractivity contribution in [1.82, 2.24) is 14.1 Å². The van der Waals surface area contributed by atoms with Crippen molar-refractivity contribution in [2.45, 2.75) is 0 Å². The summed E-state index contributed by atoms with van der Waals surface area (Å²) in [5, 5.41) is 16.9. The van der Waals surface area contributed by atoms with E-state index in [-0.39, 0.29) is 0 Å². The lowest BCUT2D eigenvalue weighted by atomic mass is 10.0. The molecule has 5 nitrogen and oxygen atoms in total. The molecule has 10 rings (SSSR count). The third-order valence-corrected chi connectivity index (χ3v) is 9.35. The van der Waals surface area contributed by atoms with Gasteiger partial charge in [-0.25, -0.2) is 4.98 Å². The van der Waals surface area contributed by atoms with Crippen molar-refractivity contribution >= 4 is 65.7 Å². The van der Waals surface area contributed by atoms with Gasteiger partial charge in [0.2, 0.25) is 0 Å². The van der Waals surface area contributed by atoms with Gasteiger partial charge in [0.25, 0.3) is 0 Å². The van der Waals surface area contributed by atoms with Crippen LogP contribution in [0.3, 0.4) is 0 Å². The van der Waals surface area contributed by atoms with Gasteiger partial charge in [0.15, 0.2) is 0 Å². The van der Waals surface area contributed by atoms with E-state index in [1.807, 2.05) is 36.5 Å². The second kappa shape index (κ2) is 9.68. The van der Waals surface area contributed by atoms with Crippen LogP contribution in [-0.2, 0) is 0 Å². The van der Waals surface area contributed by atoms with Gasteiger partial charge in [0.05, 0.1) is 33.6 Å². The van der Waals surface area contributed by atoms with Crippen LogP contribution in [0.15, 0.2) is 150 Å². The van der Waals surface area contributed by atoms with Gasteiger partial charge in [-0.1, -0.05) is 66.7 Å². The second-order valence-corrected chi connectivity index (χ2v) is 11.9. The van der Waals surface area contributed by atoms with Gasteiger partial charge in [-0.05, 0) is 83.9 Å². The molecule has 0 fully saturated rings. The summed E-state index contributed by atoms with van der Waals surface area (Å²) in [4.78, 5) is 4.89. The quantitative estimate of drug-likeness (QED) is 0.203. The van der Waals surface area contributed by atoms with Crippen LogP contribution >= 0.6 is 0 Å². The maximum Gasteiger partial charge on any atom is 0.145 e. The fraction of sp³-hybridized carbons (Fsp3) is 0. The summed E-state index contributed by atoms with van der Waals surface area (Å²) >= 11 is 0. The van der Waals surface area contributed by atoms with Crippen LogP contribution in [0, 0.1) is 11.3 Å². The molecular formula is C42H24N4O. The van der Waals surface area contributed by atoms with Crippen molar-refractivity contribution in [1.29, 1.82) is 5.26 Å². The van der Waals surface area contributed by atoms with Crippen LogP contribution in [0.25, 0.3) is 88.2 Å². The van der Waals surface area contributed by atoms with Crippen molar-refractivity contribution in [2.75, 3.05) is 0 Å². The van der Waals surface area contributed by atoms with Crippen LogP contribution in [0.5, 0.6) is 0 Å². The van der Waals surface area contributed by atoms with Gasteiger partial charge in [-0.3, -0.25) is 4.57 Å². The normalized spacial score (nSPS) is 11.8. The van der Waals surface area contributed by atoms with E-state index in [1.54, 1.807) is 0 Å². The Hall–Kier alpha value is -6.64. The molecule has 0 saturated heterocycles. The number of hydrogen-bond acceptors (Lipinski definition) is 3. The number of para-hydroxylation sites is 3. The van der Waals surface area contributed by atoms with E-state index in [0.717, 1.165) is 77.4 Å². The lowest BCUT2D eigenvalue weighted by Gasteiger charge is -2.13. The van der Waals surface area contributed by atoms with Crippen molar-refractivity contribution in [3.63, 3.8) is 0 Å². The molecule has 218 valence electrons. The summed E-state index contributed by atoms with van der Waals surface area (Å²) in [6, 6.07) is 50.5. The molecule has 4 aromatic heterocycles. The number of pyridine rings is 1. The van der Waals surface area contributed by atoms with Crippen LogP contribution in [0.4, 0.5) is 0 Å². The topological polar surface area (TPSA) is 59.7 Å². The highest BCUT2D eigenvalue weighted by atomic mass is 16.3. The molecule has 0 radical (unpaired) electrons. The molecule has 47 heavy (non-hydrogen) atoms. The molecule has 10 aromatic rings. The SMILES string of the molecule is N#Cc1cc(-c2cccc(-n3c4ncccc4c4ccc5oc6ccccc6c5c43)c2)cc(-n2c3ccccc3c3ccccc32)c1. The predicted octanol–water partition coefficient (Wildman–Crippen LogP) is 10.7. The molecule has 0 bridgehead atoms. The number of aromatic nitrogens is 3. The van der Waals surface area contributed by atoms with Gasteiger partial charge in [-0.15, -0.1) is 0 Å². The van der Waals surface area contributed by atoms with E-state index in [4.69, 9.17) is 9.40 Å². The molecule has 0 aliphatic rings. The summed E-state index contributed by atoms with van der Waals surface area (Å²) in [5.74, 6) is 0. The summed E-state index contributed by atoms with van der Waals surface area (Å²) in [6.07, 6.45) is 1.85. The Morgan fingerprint density at radius 1 is 0.532 bits per heavy atom. The third kappa shape index (κ3) is 3.67. The number of furan rings is 1.